The van der Waals surface area contributed by atoms with Crippen LogP contribution >= 0.6 is 23.5 Å². The van der Waals surface area contributed by atoms with E-state index in [-0.39, 0.29) is 0 Å². The second-order valence-corrected chi connectivity index (χ2v) is 7.55. The Labute approximate surface area is 137 Å². The third-order valence-electron chi connectivity index (χ3n) is 3.43. The molecular weight excluding hydrogens is 296 g/mol. The average Bonchev–Trinajstić information content (AvgIpc) is 3.18. The van der Waals surface area contributed by atoms with Gasteiger partial charge in [0.2, 0.25) is 0 Å². The minimum atomic E-state index is 0.678. The highest BCUT2D eigenvalue weighted by atomic mass is 32.2. The van der Waals surface area contributed by atoms with Crippen LogP contribution in [0.3, 0.4) is 0 Å². The summed E-state index contributed by atoms with van der Waals surface area (Å²) in [7, 11) is 0. The Morgan fingerprint density at radius 1 is 1.00 bits per heavy atom. The molecule has 0 atom stereocenters. The van der Waals surface area contributed by atoms with Gasteiger partial charge in [-0.3, -0.25) is 0 Å². The summed E-state index contributed by atoms with van der Waals surface area (Å²) in [6.45, 7) is 1.78. The molecule has 2 rings (SSSR count). The third-order valence-corrected chi connectivity index (χ3v) is 5.36. The smallest absolute Gasteiger partial charge is 0.0557 e. The molecule has 0 saturated carbocycles. The maximum atomic E-state index is 5.67. The van der Waals surface area contributed by atoms with Gasteiger partial charge in [-0.1, -0.05) is 30.7 Å². The van der Waals surface area contributed by atoms with Gasteiger partial charge in [-0.25, -0.2) is 6.07 Å². The normalized spacial score (nSPS) is 14.3. The first-order valence-electron chi connectivity index (χ1n) is 7.74. The van der Waals surface area contributed by atoms with E-state index in [1.807, 2.05) is 23.5 Å². The molecule has 1 nitrogen and oxygen atoms in total. The predicted molar refractivity (Wildman–Crippen MR) is 97.6 cm³/mol. The van der Waals surface area contributed by atoms with Gasteiger partial charge in [0.1, 0.15) is 0 Å². The van der Waals surface area contributed by atoms with Crippen molar-refractivity contribution in [3.8, 4) is 0 Å². The van der Waals surface area contributed by atoms with E-state index in [4.69, 9.17) is 4.74 Å². The van der Waals surface area contributed by atoms with Gasteiger partial charge in [0, 0.05) is 11.5 Å². The first-order chi connectivity index (χ1) is 10.4. The van der Waals surface area contributed by atoms with Crippen LogP contribution in [0.1, 0.15) is 12.0 Å². The van der Waals surface area contributed by atoms with Crippen LogP contribution in [0.25, 0.3) is 0 Å². The Bertz CT molecular complexity index is 397. The number of rotatable bonds is 12. The van der Waals surface area contributed by atoms with Gasteiger partial charge in [-0.15, -0.1) is 0 Å². The molecule has 21 heavy (non-hydrogen) atoms. The van der Waals surface area contributed by atoms with Gasteiger partial charge < -0.3 is 4.74 Å². The fraction of sp³-hybridized carbons (Fsp3) is 0.500. The van der Waals surface area contributed by atoms with Gasteiger partial charge in [-0.2, -0.15) is 47.3 Å². The van der Waals surface area contributed by atoms with Gasteiger partial charge in [-0.05, 0) is 23.8 Å². The van der Waals surface area contributed by atoms with Crippen LogP contribution in [0.2, 0.25) is 0 Å². The molecule has 1 aliphatic rings. The Balaban J connectivity index is 1.29. The lowest BCUT2D eigenvalue weighted by molar-refractivity contribution is 0.167. The topological polar surface area (TPSA) is 9.23 Å². The summed E-state index contributed by atoms with van der Waals surface area (Å²) in [6.07, 6.45) is 11.3. The number of hydrogen-bond acceptors (Lipinski definition) is 3. The number of allylic oxidation sites excluding steroid dienone is 4. The Morgan fingerprint density at radius 2 is 1.76 bits per heavy atom. The first-order valence-corrected chi connectivity index (χ1v) is 10.0. The molecule has 116 valence electrons. The lowest BCUT2D eigenvalue weighted by Crippen LogP contribution is -2.03. The molecule has 0 bridgehead atoms. The molecule has 1 aromatic carbocycles. The van der Waals surface area contributed by atoms with E-state index in [1.165, 1.54) is 29.9 Å². The van der Waals surface area contributed by atoms with Gasteiger partial charge in [0.15, 0.2) is 0 Å². The van der Waals surface area contributed by atoms with E-state index in [0.29, 0.717) is 5.92 Å². The standard InChI is InChI=1S/C18H25OS2/c1-2-6-17(5-1)9-13-20-15-11-19-12-16-21-14-10-18-7-3-4-8-18/h1-8,17H,9-16H2/q-1. The quantitative estimate of drug-likeness (QED) is 0.412. The molecule has 0 aliphatic heterocycles. The first kappa shape index (κ1) is 16.9. The molecule has 0 fully saturated rings. The Kier molecular flexibility index (Phi) is 8.92. The monoisotopic (exact) mass is 321 g/mol. The molecule has 0 N–H and O–H groups in total. The van der Waals surface area contributed by atoms with Crippen LogP contribution in [0, 0.1) is 5.92 Å². The van der Waals surface area contributed by atoms with E-state index in [2.05, 4.69) is 48.6 Å². The minimum Gasteiger partial charge on any atom is -0.380 e. The third kappa shape index (κ3) is 7.89. The highest BCUT2D eigenvalue weighted by Gasteiger charge is 2.02. The molecule has 0 amide bonds. The summed E-state index contributed by atoms with van der Waals surface area (Å²) < 4.78 is 5.67. The maximum Gasteiger partial charge on any atom is 0.0557 e. The fourth-order valence-corrected chi connectivity index (χ4v) is 3.90. The van der Waals surface area contributed by atoms with Crippen molar-refractivity contribution >= 4 is 23.5 Å². The van der Waals surface area contributed by atoms with Crippen LogP contribution in [-0.2, 0) is 11.2 Å². The highest BCUT2D eigenvalue weighted by Crippen LogP contribution is 2.16. The van der Waals surface area contributed by atoms with Gasteiger partial charge in [0.05, 0.1) is 13.2 Å². The van der Waals surface area contributed by atoms with E-state index in [9.17, 15) is 0 Å². The van der Waals surface area contributed by atoms with Crippen LogP contribution in [0.15, 0.2) is 48.6 Å². The van der Waals surface area contributed by atoms with Crippen LogP contribution in [0.4, 0.5) is 0 Å². The van der Waals surface area contributed by atoms with Crippen molar-refractivity contribution in [3.63, 3.8) is 0 Å². The summed E-state index contributed by atoms with van der Waals surface area (Å²) in [5.41, 5.74) is 1.45. The molecule has 1 aliphatic carbocycles. The molecule has 0 radical (unpaired) electrons. The molecule has 0 saturated heterocycles. The largest absolute Gasteiger partial charge is 0.380 e. The van der Waals surface area contributed by atoms with Crippen LogP contribution in [0.5, 0.6) is 0 Å². The zero-order valence-electron chi connectivity index (χ0n) is 12.6. The van der Waals surface area contributed by atoms with E-state index in [0.717, 1.165) is 24.7 Å². The maximum absolute atomic E-state index is 5.67. The molecule has 3 heteroatoms. The van der Waals surface area contributed by atoms with Crippen molar-refractivity contribution < 1.29 is 4.74 Å². The van der Waals surface area contributed by atoms with E-state index >= 15 is 0 Å². The lowest BCUT2D eigenvalue weighted by atomic mass is 10.1. The molecular formula is C18H25OS2-. The second kappa shape index (κ2) is 11.1. The van der Waals surface area contributed by atoms with Crippen LogP contribution in [-0.4, -0.2) is 36.2 Å². The van der Waals surface area contributed by atoms with Gasteiger partial charge >= 0.3 is 0 Å². The van der Waals surface area contributed by atoms with Gasteiger partial charge in [0.25, 0.3) is 0 Å². The molecule has 0 unspecified atom stereocenters. The molecule has 0 heterocycles. The zero-order valence-corrected chi connectivity index (χ0v) is 14.2. The average molecular weight is 322 g/mol. The molecule has 1 aromatic rings. The number of thioether (sulfide) groups is 2. The Morgan fingerprint density at radius 3 is 2.48 bits per heavy atom. The molecule has 0 spiro atoms. The summed E-state index contributed by atoms with van der Waals surface area (Å²) in [4.78, 5) is 0. The SMILES string of the molecule is C1=CC(CCSCCOCCSCCc2cc[cH-]c2)C=C1. The van der Waals surface area contributed by atoms with Crippen molar-refractivity contribution in [3.05, 3.63) is 54.1 Å². The predicted octanol–water partition coefficient (Wildman–Crippen LogP) is 4.56. The van der Waals surface area contributed by atoms with Crippen molar-refractivity contribution in [2.24, 2.45) is 5.92 Å². The minimum absolute atomic E-state index is 0.678. The number of ether oxygens (including phenoxy) is 1. The van der Waals surface area contributed by atoms with Crippen molar-refractivity contribution in [1.82, 2.24) is 0 Å². The Hall–Kier alpha value is -0.510. The van der Waals surface area contributed by atoms with Crippen molar-refractivity contribution in [1.29, 1.82) is 0 Å². The summed E-state index contributed by atoms with van der Waals surface area (Å²) in [5, 5.41) is 0. The number of hydrogen-bond donors (Lipinski definition) is 0. The zero-order chi connectivity index (χ0) is 14.6. The van der Waals surface area contributed by atoms with Crippen LogP contribution < -0.4 is 0 Å². The molecule has 0 aromatic heterocycles. The van der Waals surface area contributed by atoms with E-state index < -0.39 is 0 Å². The fourth-order valence-electron chi connectivity index (χ4n) is 2.20. The lowest BCUT2D eigenvalue weighted by Gasteiger charge is -2.07. The summed E-state index contributed by atoms with van der Waals surface area (Å²) in [5.74, 6) is 5.35. The highest BCUT2D eigenvalue weighted by molar-refractivity contribution is 7.99. The number of aryl methyl sites for hydroxylation is 1. The summed E-state index contributed by atoms with van der Waals surface area (Å²) in [6, 6.07) is 8.62. The van der Waals surface area contributed by atoms with E-state index in [1.54, 1.807) is 0 Å². The summed E-state index contributed by atoms with van der Waals surface area (Å²) >= 11 is 4.00. The van der Waals surface area contributed by atoms with Crippen molar-refractivity contribution in [2.45, 2.75) is 12.8 Å². The second-order valence-electron chi connectivity index (χ2n) is 5.10. The van der Waals surface area contributed by atoms with Crippen molar-refractivity contribution in [2.75, 3.05) is 36.2 Å².